The minimum Gasteiger partial charge on any atom is -0.497 e. The summed E-state index contributed by atoms with van der Waals surface area (Å²) in [5.74, 6) is -0.720. The van der Waals surface area contributed by atoms with Gasteiger partial charge in [0.1, 0.15) is 18.3 Å². The minimum absolute atomic E-state index is 0.0140. The minimum atomic E-state index is -0.873. The number of nitrogens with zero attached hydrogens (tertiary/aromatic N) is 3. The van der Waals surface area contributed by atoms with Crippen LogP contribution in [0.1, 0.15) is 28.8 Å². The highest BCUT2D eigenvalue weighted by atomic mass is 16.5. The Morgan fingerprint density at radius 1 is 0.933 bits per heavy atom. The summed E-state index contributed by atoms with van der Waals surface area (Å²) < 4.78 is 5.21. The van der Waals surface area contributed by atoms with Crippen LogP contribution < -0.4 is 20.3 Å². The predicted octanol–water partition coefficient (Wildman–Crippen LogP) is 2.72. The first-order valence-electron chi connectivity index (χ1n) is 14.9. The lowest BCUT2D eigenvalue weighted by Crippen LogP contribution is -2.56. The first-order valence-corrected chi connectivity index (χ1v) is 14.9. The van der Waals surface area contributed by atoms with E-state index < -0.39 is 11.9 Å². The van der Waals surface area contributed by atoms with E-state index in [1.165, 1.54) is 14.7 Å². The lowest BCUT2D eigenvalue weighted by Gasteiger charge is -2.34. The van der Waals surface area contributed by atoms with Gasteiger partial charge in [0.15, 0.2) is 0 Å². The third-order valence-electron chi connectivity index (χ3n) is 7.99. The normalized spacial score (nSPS) is 15.2. The summed E-state index contributed by atoms with van der Waals surface area (Å²) in [7, 11) is 3.21. The molecule has 3 aromatic rings. The second-order valence-corrected chi connectivity index (χ2v) is 11.3. The van der Waals surface area contributed by atoms with Gasteiger partial charge in [-0.05, 0) is 66.9 Å². The maximum absolute atomic E-state index is 13.6. The molecule has 1 aliphatic heterocycles. The fraction of sp³-hybridized carbons (Fsp3) is 0.324. The van der Waals surface area contributed by atoms with Crippen LogP contribution in [-0.2, 0) is 25.6 Å². The number of carbonyl (C=O) groups excluding carboxylic acids is 5. The molecule has 45 heavy (non-hydrogen) atoms. The molecule has 1 saturated carbocycles. The summed E-state index contributed by atoms with van der Waals surface area (Å²) >= 11 is 0. The number of amides is 5. The maximum Gasteiger partial charge on any atom is 0.254 e. The second kappa shape index (κ2) is 14.1. The standard InChI is InChI=1S/C34H37N5O6/c1-37(27-14-16-28(45-2)17-15-27)34(44)29(20-23-6-4-3-5-7-23)36-30(40)21-38-18-19-39(22-31(38)41)33(43)25-10-12-26(13-11-25)35-32(42)24-8-9-24/h3-7,10-17,24,29H,8-9,18-22H2,1-2H3,(H,35,42)(H,36,40)/t29-/m0/s1. The largest absolute Gasteiger partial charge is 0.497 e. The third-order valence-corrected chi connectivity index (χ3v) is 7.99. The number of carbonyl (C=O) groups is 5. The molecule has 1 aliphatic carbocycles. The number of likely N-dealkylation sites (N-methyl/N-ethyl adjacent to an activating group) is 1. The molecule has 5 amide bonds. The highest BCUT2D eigenvalue weighted by Gasteiger charge is 2.32. The quantitative estimate of drug-likeness (QED) is 0.343. The molecule has 3 aromatic carbocycles. The van der Waals surface area contributed by atoms with Crippen molar-refractivity contribution in [2.75, 3.05) is 50.6 Å². The van der Waals surface area contributed by atoms with Gasteiger partial charge < -0.3 is 30.1 Å². The van der Waals surface area contributed by atoms with Gasteiger partial charge in [-0.25, -0.2) is 0 Å². The number of hydrogen-bond donors (Lipinski definition) is 2. The van der Waals surface area contributed by atoms with E-state index in [1.807, 2.05) is 30.3 Å². The lowest BCUT2D eigenvalue weighted by molar-refractivity contribution is -0.139. The molecule has 0 radical (unpaired) electrons. The Bertz CT molecular complexity index is 1540. The Balaban J connectivity index is 1.17. The van der Waals surface area contributed by atoms with E-state index in [2.05, 4.69) is 10.6 Å². The summed E-state index contributed by atoms with van der Waals surface area (Å²) in [5, 5.41) is 5.68. The molecule has 11 nitrogen and oxygen atoms in total. The van der Waals surface area contributed by atoms with E-state index in [4.69, 9.17) is 4.74 Å². The van der Waals surface area contributed by atoms with Gasteiger partial charge in [0.05, 0.1) is 13.7 Å². The Morgan fingerprint density at radius 3 is 2.24 bits per heavy atom. The number of benzene rings is 3. The van der Waals surface area contributed by atoms with Crippen molar-refractivity contribution in [2.24, 2.45) is 5.92 Å². The number of nitrogens with one attached hydrogen (secondary N) is 2. The van der Waals surface area contributed by atoms with Crippen LogP contribution >= 0.6 is 0 Å². The molecular formula is C34H37N5O6. The molecule has 1 saturated heterocycles. The zero-order chi connectivity index (χ0) is 31.9. The monoisotopic (exact) mass is 611 g/mol. The molecule has 1 atom stereocenters. The zero-order valence-electron chi connectivity index (χ0n) is 25.4. The fourth-order valence-electron chi connectivity index (χ4n) is 5.15. The summed E-state index contributed by atoms with van der Waals surface area (Å²) in [6, 6.07) is 22.2. The van der Waals surface area contributed by atoms with E-state index in [9.17, 15) is 24.0 Å². The van der Waals surface area contributed by atoms with Crippen molar-refractivity contribution in [3.63, 3.8) is 0 Å². The smallest absolute Gasteiger partial charge is 0.254 e. The van der Waals surface area contributed by atoms with Gasteiger partial charge in [-0.1, -0.05) is 30.3 Å². The van der Waals surface area contributed by atoms with E-state index in [0.717, 1.165) is 18.4 Å². The van der Waals surface area contributed by atoms with Crippen LogP contribution in [0.25, 0.3) is 0 Å². The molecule has 2 aliphatic rings. The Morgan fingerprint density at radius 2 is 1.62 bits per heavy atom. The van der Waals surface area contributed by atoms with Crippen LogP contribution in [0.2, 0.25) is 0 Å². The number of anilines is 2. The van der Waals surface area contributed by atoms with E-state index in [1.54, 1.807) is 62.7 Å². The summed E-state index contributed by atoms with van der Waals surface area (Å²) in [5.41, 5.74) is 2.54. The van der Waals surface area contributed by atoms with E-state index in [-0.39, 0.29) is 62.1 Å². The molecule has 0 unspecified atom stereocenters. The van der Waals surface area contributed by atoms with E-state index in [0.29, 0.717) is 22.7 Å². The average Bonchev–Trinajstić information content (AvgIpc) is 3.91. The number of hydrogen-bond acceptors (Lipinski definition) is 6. The molecule has 2 N–H and O–H groups in total. The van der Waals surface area contributed by atoms with Gasteiger partial charge in [0.2, 0.25) is 23.6 Å². The highest BCUT2D eigenvalue weighted by molar-refractivity contribution is 6.00. The Kier molecular flexibility index (Phi) is 9.76. The van der Waals surface area contributed by atoms with Crippen molar-refractivity contribution in [1.29, 1.82) is 0 Å². The van der Waals surface area contributed by atoms with Crippen molar-refractivity contribution in [3.05, 3.63) is 90.0 Å². The molecular weight excluding hydrogens is 574 g/mol. The zero-order valence-corrected chi connectivity index (χ0v) is 25.4. The summed E-state index contributed by atoms with van der Waals surface area (Å²) in [4.78, 5) is 69.2. The van der Waals surface area contributed by atoms with Gasteiger partial charge in [0.25, 0.3) is 5.91 Å². The van der Waals surface area contributed by atoms with Gasteiger partial charge in [-0.3, -0.25) is 24.0 Å². The highest BCUT2D eigenvalue weighted by Crippen LogP contribution is 2.30. The van der Waals surface area contributed by atoms with E-state index >= 15 is 0 Å². The number of methoxy groups -OCH3 is 1. The van der Waals surface area contributed by atoms with Gasteiger partial charge in [0, 0.05) is 49.4 Å². The van der Waals surface area contributed by atoms with Crippen LogP contribution in [0.4, 0.5) is 11.4 Å². The summed E-state index contributed by atoms with van der Waals surface area (Å²) in [6.45, 7) is 0.0289. The van der Waals surface area contributed by atoms with Crippen LogP contribution in [0.15, 0.2) is 78.9 Å². The molecule has 234 valence electrons. The first kappa shape index (κ1) is 31.2. The third kappa shape index (κ3) is 8.05. The molecule has 0 bridgehead atoms. The van der Waals surface area contributed by atoms with Gasteiger partial charge >= 0.3 is 0 Å². The van der Waals surface area contributed by atoms with Crippen LogP contribution in [-0.4, -0.2) is 85.7 Å². The molecule has 0 aromatic heterocycles. The first-order chi connectivity index (χ1) is 21.7. The van der Waals surface area contributed by atoms with Crippen LogP contribution in [0.5, 0.6) is 5.75 Å². The van der Waals surface area contributed by atoms with Crippen molar-refractivity contribution in [3.8, 4) is 5.75 Å². The van der Waals surface area contributed by atoms with Crippen LogP contribution in [0.3, 0.4) is 0 Å². The summed E-state index contributed by atoms with van der Waals surface area (Å²) in [6.07, 6.45) is 2.07. The molecule has 2 fully saturated rings. The molecule has 5 rings (SSSR count). The fourth-order valence-corrected chi connectivity index (χ4v) is 5.15. The van der Waals surface area contributed by atoms with Crippen molar-refractivity contribution >= 4 is 40.9 Å². The maximum atomic E-state index is 13.6. The number of rotatable bonds is 11. The number of piperazine rings is 1. The van der Waals surface area contributed by atoms with Gasteiger partial charge in [-0.2, -0.15) is 0 Å². The van der Waals surface area contributed by atoms with Crippen molar-refractivity contribution in [2.45, 2.75) is 25.3 Å². The average molecular weight is 612 g/mol. The lowest BCUT2D eigenvalue weighted by atomic mass is 10.0. The van der Waals surface area contributed by atoms with Crippen LogP contribution in [0, 0.1) is 5.92 Å². The second-order valence-electron chi connectivity index (χ2n) is 11.3. The van der Waals surface area contributed by atoms with Crippen molar-refractivity contribution in [1.82, 2.24) is 15.1 Å². The Hall–Kier alpha value is -5.19. The molecule has 11 heteroatoms. The Labute approximate surface area is 262 Å². The molecule has 0 spiro atoms. The predicted molar refractivity (Wildman–Crippen MR) is 169 cm³/mol. The van der Waals surface area contributed by atoms with Crippen molar-refractivity contribution < 1.29 is 28.7 Å². The SMILES string of the molecule is COc1ccc(N(C)C(=O)[C@H](Cc2ccccc2)NC(=O)CN2CCN(C(=O)c3ccc(NC(=O)C4CC4)cc3)CC2=O)cc1. The number of ether oxygens (including phenoxy) is 1. The molecule has 1 heterocycles. The topological polar surface area (TPSA) is 128 Å². The van der Waals surface area contributed by atoms with Gasteiger partial charge in [-0.15, -0.1) is 0 Å².